The lowest BCUT2D eigenvalue weighted by Gasteiger charge is -2.09. The first-order valence-electron chi connectivity index (χ1n) is 7.08. The maximum atomic E-state index is 11.5. The lowest BCUT2D eigenvalue weighted by Crippen LogP contribution is -2.29. The zero-order valence-electron chi connectivity index (χ0n) is 12.3. The smallest absolute Gasteiger partial charge is 0.278 e. The summed E-state index contributed by atoms with van der Waals surface area (Å²) in [5.41, 5.74) is 1.91. The highest BCUT2D eigenvalue weighted by Gasteiger charge is 2.22. The van der Waals surface area contributed by atoms with Gasteiger partial charge < -0.3 is 10.6 Å². The lowest BCUT2D eigenvalue weighted by molar-refractivity contribution is -0.386. The van der Waals surface area contributed by atoms with Crippen molar-refractivity contribution in [3.8, 4) is 0 Å². The molecule has 0 bridgehead atoms. The SMILES string of the molecule is Cc1cnc(CNCCC(=O)NC2CC2)c(C)c1[N+](=O)[O-]. The average molecular weight is 292 g/mol. The summed E-state index contributed by atoms with van der Waals surface area (Å²) >= 11 is 0. The van der Waals surface area contributed by atoms with Gasteiger partial charge in [0.2, 0.25) is 5.91 Å². The standard InChI is InChI=1S/C14H20N4O3/c1-9-7-16-12(10(2)14(9)18(20)21)8-15-6-5-13(19)17-11-3-4-11/h7,11,15H,3-6,8H2,1-2H3,(H,17,19). The van der Waals surface area contributed by atoms with Crippen molar-refractivity contribution in [1.82, 2.24) is 15.6 Å². The summed E-state index contributed by atoms with van der Waals surface area (Å²) in [6.07, 6.45) is 4.08. The number of nitro groups is 1. The third-order valence-corrected chi connectivity index (χ3v) is 3.52. The van der Waals surface area contributed by atoms with Crippen molar-refractivity contribution < 1.29 is 9.72 Å². The Labute approximate surface area is 123 Å². The predicted molar refractivity (Wildman–Crippen MR) is 77.9 cm³/mol. The van der Waals surface area contributed by atoms with Gasteiger partial charge in [0.05, 0.1) is 10.6 Å². The molecule has 21 heavy (non-hydrogen) atoms. The van der Waals surface area contributed by atoms with Crippen LogP contribution < -0.4 is 10.6 Å². The van der Waals surface area contributed by atoms with E-state index in [2.05, 4.69) is 15.6 Å². The van der Waals surface area contributed by atoms with Gasteiger partial charge in [-0.2, -0.15) is 0 Å². The Balaban J connectivity index is 1.84. The molecule has 114 valence electrons. The Hall–Kier alpha value is -2.02. The molecular formula is C14H20N4O3. The van der Waals surface area contributed by atoms with E-state index in [1.54, 1.807) is 13.8 Å². The predicted octanol–water partition coefficient (Wildman–Crippen LogP) is 1.36. The Morgan fingerprint density at radius 3 is 2.81 bits per heavy atom. The molecule has 0 aliphatic heterocycles. The number of rotatable bonds is 7. The minimum atomic E-state index is -0.376. The summed E-state index contributed by atoms with van der Waals surface area (Å²) in [6, 6.07) is 0.376. The van der Waals surface area contributed by atoms with Crippen molar-refractivity contribution in [2.24, 2.45) is 0 Å². The molecule has 1 aromatic rings. The highest BCUT2D eigenvalue weighted by Crippen LogP contribution is 2.23. The van der Waals surface area contributed by atoms with Gasteiger partial charge in [-0.15, -0.1) is 0 Å². The molecule has 1 fully saturated rings. The van der Waals surface area contributed by atoms with Crippen molar-refractivity contribution in [2.75, 3.05) is 6.54 Å². The fourth-order valence-electron chi connectivity index (χ4n) is 2.16. The van der Waals surface area contributed by atoms with Crippen LogP contribution in [0.25, 0.3) is 0 Å². The molecule has 1 heterocycles. The molecule has 1 aliphatic carbocycles. The molecule has 7 heteroatoms. The minimum absolute atomic E-state index is 0.0459. The molecule has 0 unspecified atom stereocenters. The van der Waals surface area contributed by atoms with E-state index in [4.69, 9.17) is 0 Å². The van der Waals surface area contributed by atoms with Gasteiger partial charge in [-0.05, 0) is 26.7 Å². The maximum absolute atomic E-state index is 11.5. The van der Waals surface area contributed by atoms with Crippen LogP contribution in [0, 0.1) is 24.0 Å². The number of aryl methyl sites for hydroxylation is 1. The zero-order valence-corrected chi connectivity index (χ0v) is 12.3. The highest BCUT2D eigenvalue weighted by atomic mass is 16.6. The number of hydrogen-bond donors (Lipinski definition) is 2. The van der Waals surface area contributed by atoms with Gasteiger partial charge in [0.25, 0.3) is 5.69 Å². The van der Waals surface area contributed by atoms with E-state index in [9.17, 15) is 14.9 Å². The Kier molecular flexibility index (Phi) is 4.85. The highest BCUT2D eigenvalue weighted by molar-refractivity contribution is 5.76. The third-order valence-electron chi connectivity index (χ3n) is 3.52. The van der Waals surface area contributed by atoms with E-state index in [1.165, 1.54) is 6.20 Å². The molecule has 1 aliphatic rings. The molecule has 0 aromatic carbocycles. The first-order valence-corrected chi connectivity index (χ1v) is 7.08. The summed E-state index contributed by atoms with van der Waals surface area (Å²) in [7, 11) is 0. The molecule has 1 saturated carbocycles. The van der Waals surface area contributed by atoms with Crippen LogP contribution in [0.3, 0.4) is 0 Å². The normalized spacial score (nSPS) is 14.0. The fraction of sp³-hybridized carbons (Fsp3) is 0.571. The summed E-state index contributed by atoms with van der Waals surface area (Å²) < 4.78 is 0. The number of aromatic nitrogens is 1. The lowest BCUT2D eigenvalue weighted by atomic mass is 10.1. The van der Waals surface area contributed by atoms with Crippen LogP contribution in [0.5, 0.6) is 0 Å². The van der Waals surface area contributed by atoms with Crippen molar-refractivity contribution >= 4 is 11.6 Å². The second-order valence-corrected chi connectivity index (χ2v) is 5.39. The summed E-state index contributed by atoms with van der Waals surface area (Å²) in [4.78, 5) is 26.4. The molecule has 0 saturated heterocycles. The van der Waals surface area contributed by atoms with Gasteiger partial charge >= 0.3 is 0 Å². The van der Waals surface area contributed by atoms with Crippen LogP contribution in [-0.4, -0.2) is 28.4 Å². The largest absolute Gasteiger partial charge is 0.353 e. The van der Waals surface area contributed by atoms with Crippen molar-refractivity contribution in [1.29, 1.82) is 0 Å². The molecule has 1 aromatic heterocycles. The molecule has 2 N–H and O–H groups in total. The molecule has 1 amide bonds. The van der Waals surface area contributed by atoms with Gasteiger partial charge in [0.1, 0.15) is 0 Å². The van der Waals surface area contributed by atoms with Crippen molar-refractivity contribution in [3.05, 3.63) is 33.1 Å². The van der Waals surface area contributed by atoms with Gasteiger partial charge in [-0.25, -0.2) is 0 Å². The van der Waals surface area contributed by atoms with E-state index < -0.39 is 0 Å². The number of carbonyl (C=O) groups is 1. The van der Waals surface area contributed by atoms with E-state index in [0.29, 0.717) is 42.4 Å². The van der Waals surface area contributed by atoms with Crippen LogP contribution in [-0.2, 0) is 11.3 Å². The van der Waals surface area contributed by atoms with E-state index in [0.717, 1.165) is 12.8 Å². The van der Waals surface area contributed by atoms with Crippen LogP contribution in [0.15, 0.2) is 6.20 Å². The first kappa shape index (κ1) is 15.4. The fourth-order valence-corrected chi connectivity index (χ4v) is 2.16. The Morgan fingerprint density at radius 2 is 2.19 bits per heavy atom. The first-order chi connectivity index (χ1) is 9.99. The van der Waals surface area contributed by atoms with Crippen LogP contribution in [0.4, 0.5) is 5.69 Å². The molecule has 0 radical (unpaired) electrons. The number of amides is 1. The second kappa shape index (κ2) is 6.62. The number of nitrogens with one attached hydrogen (secondary N) is 2. The van der Waals surface area contributed by atoms with E-state index >= 15 is 0 Å². The number of carbonyl (C=O) groups excluding carboxylic acids is 1. The maximum Gasteiger partial charge on any atom is 0.278 e. The number of nitrogens with zero attached hydrogens (tertiary/aromatic N) is 2. The molecule has 0 atom stereocenters. The summed E-state index contributed by atoms with van der Waals surface area (Å²) in [5, 5.41) is 17.0. The Bertz CT molecular complexity index is 555. The van der Waals surface area contributed by atoms with E-state index in [1.807, 2.05) is 0 Å². The third kappa shape index (κ3) is 4.22. The summed E-state index contributed by atoms with van der Waals surface area (Å²) in [5.74, 6) is 0.0459. The monoisotopic (exact) mass is 292 g/mol. The molecule has 7 nitrogen and oxygen atoms in total. The average Bonchev–Trinajstić information content (AvgIpc) is 3.20. The minimum Gasteiger partial charge on any atom is -0.353 e. The molecule has 0 spiro atoms. The van der Waals surface area contributed by atoms with Crippen LogP contribution in [0.1, 0.15) is 36.1 Å². The van der Waals surface area contributed by atoms with Crippen molar-refractivity contribution in [2.45, 2.75) is 45.7 Å². The van der Waals surface area contributed by atoms with Gasteiger partial charge in [-0.3, -0.25) is 19.9 Å². The Morgan fingerprint density at radius 1 is 1.48 bits per heavy atom. The number of hydrogen-bond acceptors (Lipinski definition) is 5. The quantitative estimate of drug-likeness (QED) is 0.449. The zero-order chi connectivity index (χ0) is 15.4. The van der Waals surface area contributed by atoms with Crippen LogP contribution >= 0.6 is 0 Å². The van der Waals surface area contributed by atoms with Gasteiger partial charge in [-0.1, -0.05) is 0 Å². The van der Waals surface area contributed by atoms with E-state index in [-0.39, 0.29) is 16.5 Å². The molecule has 2 rings (SSSR count). The van der Waals surface area contributed by atoms with Crippen LogP contribution in [0.2, 0.25) is 0 Å². The number of pyridine rings is 1. The van der Waals surface area contributed by atoms with Gasteiger partial charge in [0, 0.05) is 42.9 Å². The van der Waals surface area contributed by atoms with Crippen molar-refractivity contribution in [3.63, 3.8) is 0 Å². The topological polar surface area (TPSA) is 97.2 Å². The summed E-state index contributed by atoms with van der Waals surface area (Å²) in [6.45, 7) is 4.33. The second-order valence-electron chi connectivity index (χ2n) is 5.39. The van der Waals surface area contributed by atoms with Gasteiger partial charge in [0.15, 0.2) is 0 Å². The molecular weight excluding hydrogens is 272 g/mol.